The molecular formula is C16H12BrN3O2S. The van der Waals surface area contributed by atoms with Crippen molar-refractivity contribution in [1.82, 2.24) is 14.8 Å². The Balaban J connectivity index is 1.92. The Morgan fingerprint density at radius 2 is 1.87 bits per heavy atom. The van der Waals surface area contributed by atoms with Crippen molar-refractivity contribution in [1.29, 1.82) is 0 Å². The summed E-state index contributed by atoms with van der Waals surface area (Å²) >= 11 is 8.55. The molecule has 0 saturated carbocycles. The lowest BCUT2D eigenvalue weighted by molar-refractivity contribution is 0.0925. The molecule has 0 spiro atoms. The first-order valence-corrected chi connectivity index (χ1v) is 8.06. The van der Waals surface area contributed by atoms with Gasteiger partial charge in [0.05, 0.1) is 0 Å². The normalized spacial score (nSPS) is 12.1. The summed E-state index contributed by atoms with van der Waals surface area (Å²) in [6.07, 6.45) is 3.28. The second kappa shape index (κ2) is 6.55. The van der Waals surface area contributed by atoms with Crippen molar-refractivity contribution in [2.75, 3.05) is 0 Å². The average Bonchev–Trinajstić information content (AvgIpc) is 2.97. The molecule has 7 heteroatoms. The molecule has 3 aromatic rings. The number of hydrogen-bond acceptors (Lipinski definition) is 5. The summed E-state index contributed by atoms with van der Waals surface area (Å²) in [6.45, 7) is 1.75. The highest BCUT2D eigenvalue weighted by Gasteiger charge is 2.21. The van der Waals surface area contributed by atoms with Crippen molar-refractivity contribution in [3.8, 4) is 11.5 Å². The molecule has 0 fully saturated rings. The SMILES string of the molecule is CC(C(=O)c1ccc(Br)cc1)n1nc(-c2ccncc2)oc1=S. The maximum absolute atomic E-state index is 12.6. The summed E-state index contributed by atoms with van der Waals surface area (Å²) < 4.78 is 7.85. The van der Waals surface area contributed by atoms with Gasteiger partial charge in [-0.2, -0.15) is 0 Å². The van der Waals surface area contributed by atoms with Gasteiger partial charge in [0.25, 0.3) is 4.84 Å². The van der Waals surface area contributed by atoms with E-state index in [0.717, 1.165) is 10.0 Å². The third-order valence-corrected chi connectivity index (χ3v) is 4.17. The maximum Gasteiger partial charge on any atom is 0.287 e. The zero-order valence-electron chi connectivity index (χ0n) is 12.1. The molecule has 0 N–H and O–H groups in total. The van der Waals surface area contributed by atoms with Gasteiger partial charge in [0.1, 0.15) is 6.04 Å². The van der Waals surface area contributed by atoms with E-state index in [9.17, 15) is 4.79 Å². The Hall–Kier alpha value is -2.12. The van der Waals surface area contributed by atoms with Crippen LogP contribution in [0.25, 0.3) is 11.5 Å². The van der Waals surface area contributed by atoms with Crippen molar-refractivity contribution >= 4 is 33.9 Å². The summed E-state index contributed by atoms with van der Waals surface area (Å²) in [5.74, 6) is 0.288. The molecule has 3 rings (SSSR count). The highest BCUT2D eigenvalue weighted by molar-refractivity contribution is 9.10. The number of aromatic nitrogens is 3. The summed E-state index contributed by atoms with van der Waals surface area (Å²) in [6, 6.07) is 10.2. The van der Waals surface area contributed by atoms with E-state index in [1.54, 1.807) is 43.6 Å². The van der Waals surface area contributed by atoms with E-state index in [0.29, 0.717) is 11.5 Å². The van der Waals surface area contributed by atoms with E-state index in [1.165, 1.54) is 4.68 Å². The fourth-order valence-corrected chi connectivity index (χ4v) is 2.65. The van der Waals surface area contributed by atoms with Gasteiger partial charge < -0.3 is 4.42 Å². The molecule has 0 saturated heterocycles. The van der Waals surface area contributed by atoms with E-state index in [2.05, 4.69) is 26.0 Å². The predicted molar refractivity (Wildman–Crippen MR) is 91.7 cm³/mol. The molecule has 116 valence electrons. The lowest BCUT2D eigenvalue weighted by Crippen LogP contribution is -2.18. The van der Waals surface area contributed by atoms with Crippen LogP contribution in [0.15, 0.2) is 57.7 Å². The van der Waals surface area contributed by atoms with Gasteiger partial charge in [-0.1, -0.05) is 28.1 Å². The van der Waals surface area contributed by atoms with Gasteiger partial charge in [0, 0.05) is 28.0 Å². The topological polar surface area (TPSA) is 60.9 Å². The second-order valence-corrected chi connectivity index (χ2v) is 6.17. The monoisotopic (exact) mass is 389 g/mol. The van der Waals surface area contributed by atoms with Gasteiger partial charge in [-0.15, -0.1) is 5.10 Å². The number of hydrogen-bond donors (Lipinski definition) is 0. The first kappa shape index (κ1) is 15.8. The fourth-order valence-electron chi connectivity index (χ4n) is 2.11. The zero-order chi connectivity index (χ0) is 16.4. The standard InChI is InChI=1S/C16H12BrN3O2S/c1-10(14(21)11-2-4-13(17)5-3-11)20-16(23)22-15(19-20)12-6-8-18-9-7-12/h2-10H,1H3. The molecule has 0 aliphatic rings. The van der Waals surface area contributed by atoms with Crippen LogP contribution in [0.4, 0.5) is 0 Å². The first-order chi connectivity index (χ1) is 11.1. The van der Waals surface area contributed by atoms with Crippen LogP contribution < -0.4 is 0 Å². The minimum absolute atomic E-state index is 0.0804. The van der Waals surface area contributed by atoms with E-state index in [4.69, 9.17) is 16.6 Å². The zero-order valence-corrected chi connectivity index (χ0v) is 14.5. The maximum atomic E-state index is 12.6. The van der Waals surface area contributed by atoms with Gasteiger partial charge in [0.2, 0.25) is 5.89 Å². The van der Waals surface area contributed by atoms with Crippen LogP contribution in [0.3, 0.4) is 0 Å². The molecule has 0 bridgehead atoms. The summed E-state index contributed by atoms with van der Waals surface area (Å²) in [5, 5.41) is 4.33. The Morgan fingerprint density at radius 1 is 1.22 bits per heavy atom. The summed E-state index contributed by atoms with van der Waals surface area (Å²) in [7, 11) is 0. The smallest absolute Gasteiger partial charge is 0.287 e. The van der Waals surface area contributed by atoms with Crippen LogP contribution >= 0.6 is 28.1 Å². The Morgan fingerprint density at radius 3 is 2.52 bits per heavy atom. The van der Waals surface area contributed by atoms with E-state index < -0.39 is 6.04 Å². The highest BCUT2D eigenvalue weighted by atomic mass is 79.9. The van der Waals surface area contributed by atoms with Crippen LogP contribution in [-0.4, -0.2) is 20.5 Å². The van der Waals surface area contributed by atoms with Crippen LogP contribution in [0, 0.1) is 4.84 Å². The van der Waals surface area contributed by atoms with Crippen molar-refractivity contribution in [2.24, 2.45) is 0 Å². The van der Waals surface area contributed by atoms with Crippen LogP contribution in [0.1, 0.15) is 23.3 Å². The van der Waals surface area contributed by atoms with E-state index in [1.807, 2.05) is 12.1 Å². The van der Waals surface area contributed by atoms with Gasteiger partial charge in [-0.3, -0.25) is 9.78 Å². The molecule has 1 unspecified atom stereocenters. The number of nitrogens with zero attached hydrogens (tertiary/aromatic N) is 3. The molecule has 23 heavy (non-hydrogen) atoms. The van der Waals surface area contributed by atoms with Gasteiger partial charge >= 0.3 is 0 Å². The minimum Gasteiger partial charge on any atom is -0.409 e. The first-order valence-electron chi connectivity index (χ1n) is 6.86. The lowest BCUT2D eigenvalue weighted by atomic mass is 10.1. The van der Waals surface area contributed by atoms with Crippen molar-refractivity contribution in [2.45, 2.75) is 13.0 Å². The van der Waals surface area contributed by atoms with Crippen molar-refractivity contribution < 1.29 is 9.21 Å². The largest absolute Gasteiger partial charge is 0.409 e. The third-order valence-electron chi connectivity index (χ3n) is 3.37. The molecule has 0 amide bonds. The summed E-state index contributed by atoms with van der Waals surface area (Å²) in [5.41, 5.74) is 1.35. The molecule has 0 radical (unpaired) electrons. The number of ketones is 1. The van der Waals surface area contributed by atoms with Crippen molar-refractivity contribution in [3.05, 3.63) is 63.7 Å². The Labute approximate surface area is 146 Å². The molecule has 2 aromatic heterocycles. The Bertz CT molecular complexity index is 888. The summed E-state index contributed by atoms with van der Waals surface area (Å²) in [4.78, 5) is 16.7. The second-order valence-electron chi connectivity index (χ2n) is 4.90. The molecule has 1 atom stereocenters. The molecule has 5 nitrogen and oxygen atoms in total. The quantitative estimate of drug-likeness (QED) is 0.486. The van der Waals surface area contributed by atoms with E-state index >= 15 is 0 Å². The van der Waals surface area contributed by atoms with Crippen LogP contribution in [-0.2, 0) is 0 Å². The molecule has 2 heterocycles. The average molecular weight is 390 g/mol. The number of halogens is 1. The number of carbonyl (C=O) groups is 1. The number of benzene rings is 1. The van der Waals surface area contributed by atoms with Crippen molar-refractivity contribution in [3.63, 3.8) is 0 Å². The fraction of sp³-hybridized carbons (Fsp3) is 0.125. The van der Waals surface area contributed by atoms with Gasteiger partial charge in [-0.05, 0) is 43.4 Å². The predicted octanol–water partition coefficient (Wildman–Crippen LogP) is 4.47. The number of rotatable bonds is 4. The number of pyridine rings is 1. The van der Waals surface area contributed by atoms with Gasteiger partial charge in [0.15, 0.2) is 5.78 Å². The lowest BCUT2D eigenvalue weighted by Gasteiger charge is -2.09. The van der Waals surface area contributed by atoms with Crippen LogP contribution in [0.2, 0.25) is 0 Å². The molecule has 1 aromatic carbocycles. The highest BCUT2D eigenvalue weighted by Crippen LogP contribution is 2.21. The van der Waals surface area contributed by atoms with Crippen LogP contribution in [0.5, 0.6) is 0 Å². The Kier molecular flexibility index (Phi) is 4.49. The molecule has 0 aliphatic heterocycles. The minimum atomic E-state index is -0.553. The number of Topliss-reactive ketones (excluding diaryl/α,β-unsaturated/α-hetero) is 1. The van der Waals surface area contributed by atoms with E-state index in [-0.39, 0.29) is 10.6 Å². The van der Waals surface area contributed by atoms with Gasteiger partial charge in [-0.25, -0.2) is 4.68 Å². The molecular weight excluding hydrogens is 378 g/mol. The molecule has 0 aliphatic carbocycles. The number of carbonyl (C=O) groups excluding carboxylic acids is 1. The third kappa shape index (κ3) is 3.30.